The van der Waals surface area contributed by atoms with Crippen LogP contribution in [0, 0.1) is 0 Å². The van der Waals surface area contributed by atoms with E-state index in [0.29, 0.717) is 18.9 Å². The van der Waals surface area contributed by atoms with Crippen molar-refractivity contribution in [1.29, 1.82) is 0 Å². The molecule has 1 heterocycles. The van der Waals surface area contributed by atoms with E-state index in [-0.39, 0.29) is 11.9 Å². The summed E-state index contributed by atoms with van der Waals surface area (Å²) in [6, 6.07) is 0. The van der Waals surface area contributed by atoms with Crippen molar-refractivity contribution >= 4 is 11.9 Å². The van der Waals surface area contributed by atoms with Crippen LogP contribution in [0.5, 0.6) is 0 Å². The lowest BCUT2D eigenvalue weighted by atomic mass is 10.1. The first-order chi connectivity index (χ1) is 7.11. The van der Waals surface area contributed by atoms with Gasteiger partial charge in [0, 0.05) is 0 Å². The zero-order valence-electron chi connectivity index (χ0n) is 8.80. The van der Waals surface area contributed by atoms with E-state index >= 15 is 0 Å². The minimum absolute atomic E-state index is 0.0766. The number of carbonyl (C=O) groups is 1. The van der Waals surface area contributed by atoms with Gasteiger partial charge in [-0.05, 0) is 13.3 Å². The van der Waals surface area contributed by atoms with E-state index in [1.807, 2.05) is 6.92 Å². The minimum Gasteiger partial charge on any atom is -0.465 e. The average Bonchev–Trinajstić information content (AvgIpc) is 2.51. The van der Waals surface area contributed by atoms with Crippen molar-refractivity contribution in [2.75, 3.05) is 18.2 Å². The Kier molecular flexibility index (Phi) is 3.48. The molecule has 0 amide bonds. The summed E-state index contributed by atoms with van der Waals surface area (Å²) in [7, 11) is 0. The number of rotatable bonds is 4. The Balaban J connectivity index is 2.92. The number of nitrogens with zero attached hydrogens (tertiary/aromatic N) is 3. The number of hydrogen-bond donors (Lipinski definition) is 2. The average molecular weight is 213 g/mol. The molecule has 1 aromatic heterocycles. The van der Waals surface area contributed by atoms with Crippen LogP contribution in [0.1, 0.15) is 32.0 Å². The molecule has 0 bridgehead atoms. The summed E-state index contributed by atoms with van der Waals surface area (Å²) < 4.78 is 6.00. The molecule has 15 heavy (non-hydrogen) atoms. The zero-order chi connectivity index (χ0) is 11.4. The molecule has 1 rings (SSSR count). The molecule has 0 aliphatic carbocycles. The largest absolute Gasteiger partial charge is 0.465 e. The lowest BCUT2D eigenvalue weighted by Gasteiger charge is -2.11. The number of esters is 1. The first-order valence-electron chi connectivity index (χ1n) is 4.74. The first-order valence-corrected chi connectivity index (χ1v) is 4.74. The van der Waals surface area contributed by atoms with E-state index in [4.69, 9.17) is 16.3 Å². The Hall–Kier alpha value is -1.79. The van der Waals surface area contributed by atoms with Crippen molar-refractivity contribution in [3.05, 3.63) is 5.82 Å². The first kappa shape index (κ1) is 11.3. The van der Waals surface area contributed by atoms with Gasteiger partial charge < -0.3 is 16.3 Å². The molecular formula is C8H15N5O2. The molecule has 4 N–H and O–H groups in total. The zero-order valence-corrected chi connectivity index (χ0v) is 8.80. The van der Waals surface area contributed by atoms with Crippen molar-refractivity contribution < 1.29 is 9.53 Å². The minimum atomic E-state index is -0.514. The standard InChI is InChI=1S/C8H15N5O2/c1-3-5(7(14)15-4-2)6-11-12-8(9)13(6)10/h5H,3-4,10H2,1-2H3,(H2,9,12). The van der Waals surface area contributed by atoms with Crippen molar-refractivity contribution in [2.24, 2.45) is 0 Å². The molecular weight excluding hydrogens is 198 g/mol. The fourth-order valence-corrected chi connectivity index (χ4v) is 1.25. The van der Waals surface area contributed by atoms with Gasteiger partial charge in [0.25, 0.3) is 0 Å². The summed E-state index contributed by atoms with van der Waals surface area (Å²) in [6.07, 6.45) is 0.536. The third-order valence-electron chi connectivity index (χ3n) is 2.04. The predicted molar refractivity (Wildman–Crippen MR) is 54.2 cm³/mol. The summed E-state index contributed by atoms with van der Waals surface area (Å²) >= 11 is 0. The van der Waals surface area contributed by atoms with Crippen molar-refractivity contribution in [2.45, 2.75) is 26.2 Å². The van der Waals surface area contributed by atoms with Crippen LogP contribution in [0.2, 0.25) is 0 Å². The van der Waals surface area contributed by atoms with Crippen LogP contribution < -0.4 is 11.6 Å². The molecule has 84 valence electrons. The van der Waals surface area contributed by atoms with Gasteiger partial charge >= 0.3 is 5.97 Å². The smallest absolute Gasteiger partial charge is 0.316 e. The topological polar surface area (TPSA) is 109 Å². The maximum atomic E-state index is 11.5. The summed E-state index contributed by atoms with van der Waals surface area (Å²) in [5, 5.41) is 7.34. The Morgan fingerprint density at radius 2 is 2.20 bits per heavy atom. The second-order valence-electron chi connectivity index (χ2n) is 3.00. The molecule has 1 aromatic rings. The molecule has 0 saturated heterocycles. The molecule has 0 spiro atoms. The van der Waals surface area contributed by atoms with Gasteiger partial charge in [0.1, 0.15) is 5.92 Å². The number of carbonyl (C=O) groups excluding carboxylic acids is 1. The number of aromatic nitrogens is 3. The number of ether oxygens (including phenoxy) is 1. The molecule has 0 aromatic carbocycles. The van der Waals surface area contributed by atoms with Crippen molar-refractivity contribution in [1.82, 2.24) is 14.9 Å². The molecule has 7 nitrogen and oxygen atoms in total. The maximum absolute atomic E-state index is 11.5. The number of anilines is 1. The van der Waals surface area contributed by atoms with E-state index < -0.39 is 5.92 Å². The number of hydrogen-bond acceptors (Lipinski definition) is 6. The highest BCUT2D eigenvalue weighted by atomic mass is 16.5. The molecule has 7 heteroatoms. The van der Waals surface area contributed by atoms with E-state index in [2.05, 4.69) is 10.2 Å². The van der Waals surface area contributed by atoms with Gasteiger partial charge in [-0.15, -0.1) is 10.2 Å². The maximum Gasteiger partial charge on any atom is 0.316 e. The van der Waals surface area contributed by atoms with Gasteiger partial charge in [-0.3, -0.25) is 4.79 Å². The van der Waals surface area contributed by atoms with Gasteiger partial charge in [-0.25, -0.2) is 4.68 Å². The van der Waals surface area contributed by atoms with E-state index in [9.17, 15) is 4.79 Å². The van der Waals surface area contributed by atoms with Gasteiger partial charge in [-0.1, -0.05) is 6.92 Å². The van der Waals surface area contributed by atoms with Crippen molar-refractivity contribution in [3.63, 3.8) is 0 Å². The van der Waals surface area contributed by atoms with Crippen LogP contribution in [0.15, 0.2) is 0 Å². The second kappa shape index (κ2) is 4.63. The van der Waals surface area contributed by atoms with E-state index in [1.165, 1.54) is 0 Å². The number of nitrogens with two attached hydrogens (primary N) is 2. The predicted octanol–water partition coefficient (Wildman–Crippen LogP) is -0.369. The summed E-state index contributed by atoms with van der Waals surface area (Å²) in [6.45, 7) is 3.90. The Bertz CT molecular complexity index is 349. The van der Waals surface area contributed by atoms with Crippen molar-refractivity contribution in [3.8, 4) is 0 Å². The monoisotopic (exact) mass is 213 g/mol. The molecule has 1 atom stereocenters. The molecule has 0 aliphatic heterocycles. The Morgan fingerprint density at radius 3 is 2.60 bits per heavy atom. The van der Waals surface area contributed by atoms with Crippen LogP contribution >= 0.6 is 0 Å². The third-order valence-corrected chi connectivity index (χ3v) is 2.04. The van der Waals surface area contributed by atoms with Crippen LogP contribution in [-0.2, 0) is 9.53 Å². The van der Waals surface area contributed by atoms with Crippen LogP contribution in [0.3, 0.4) is 0 Å². The normalized spacial score (nSPS) is 12.4. The molecule has 0 fully saturated rings. The fourth-order valence-electron chi connectivity index (χ4n) is 1.25. The lowest BCUT2D eigenvalue weighted by molar-refractivity contribution is -0.145. The van der Waals surface area contributed by atoms with Gasteiger partial charge in [-0.2, -0.15) is 0 Å². The second-order valence-corrected chi connectivity index (χ2v) is 3.00. The summed E-state index contributed by atoms with van der Waals surface area (Å²) in [4.78, 5) is 11.5. The highest BCUT2D eigenvalue weighted by Gasteiger charge is 2.26. The molecule has 0 saturated carbocycles. The van der Waals surface area contributed by atoms with E-state index in [0.717, 1.165) is 4.68 Å². The highest BCUT2D eigenvalue weighted by Crippen LogP contribution is 2.19. The highest BCUT2D eigenvalue weighted by molar-refractivity contribution is 5.77. The quantitative estimate of drug-likeness (QED) is 0.521. The van der Waals surface area contributed by atoms with E-state index in [1.54, 1.807) is 6.92 Å². The molecule has 0 aliphatic rings. The van der Waals surface area contributed by atoms with Crippen LogP contribution in [-0.4, -0.2) is 27.4 Å². The summed E-state index contributed by atoms with van der Waals surface area (Å²) in [5.41, 5.74) is 5.42. The van der Waals surface area contributed by atoms with Crippen LogP contribution in [0.4, 0.5) is 5.95 Å². The Labute approximate surface area is 87.4 Å². The lowest BCUT2D eigenvalue weighted by Crippen LogP contribution is -2.23. The van der Waals surface area contributed by atoms with Gasteiger partial charge in [0.15, 0.2) is 5.82 Å². The molecule has 0 radical (unpaired) electrons. The summed E-state index contributed by atoms with van der Waals surface area (Å²) in [5.74, 6) is 5.10. The third kappa shape index (κ3) is 2.17. The SMILES string of the molecule is CCOC(=O)C(CC)c1nnc(N)n1N. The van der Waals surface area contributed by atoms with Crippen LogP contribution in [0.25, 0.3) is 0 Å². The van der Waals surface area contributed by atoms with Gasteiger partial charge in [0.2, 0.25) is 5.95 Å². The Morgan fingerprint density at radius 1 is 1.53 bits per heavy atom. The van der Waals surface area contributed by atoms with Gasteiger partial charge in [0.05, 0.1) is 6.61 Å². The number of nitrogen functional groups attached to an aromatic ring is 2. The fraction of sp³-hybridized carbons (Fsp3) is 0.625. The molecule has 1 unspecified atom stereocenters.